The van der Waals surface area contributed by atoms with E-state index in [-0.39, 0.29) is 30.1 Å². The Balaban J connectivity index is 1.34. The van der Waals surface area contributed by atoms with Gasteiger partial charge >= 0.3 is 0 Å². The van der Waals surface area contributed by atoms with Gasteiger partial charge in [-0.2, -0.15) is 10.1 Å². The lowest BCUT2D eigenvalue weighted by atomic mass is 9.99. The van der Waals surface area contributed by atoms with E-state index in [4.69, 9.17) is 16.7 Å². The van der Waals surface area contributed by atoms with Crippen LogP contribution < -0.4 is 5.32 Å². The van der Waals surface area contributed by atoms with Gasteiger partial charge in [-0.25, -0.2) is 9.40 Å². The van der Waals surface area contributed by atoms with Gasteiger partial charge in [0.1, 0.15) is 11.1 Å². The molecule has 1 N–H and O–H groups in total. The molecule has 2 aliphatic heterocycles. The highest BCUT2D eigenvalue weighted by Crippen LogP contribution is 2.38. The van der Waals surface area contributed by atoms with Gasteiger partial charge in [0.2, 0.25) is 5.91 Å². The number of hydrogen-bond acceptors (Lipinski definition) is 5. The molecule has 3 aromatic carbocycles. The molecule has 0 bridgehead atoms. The van der Waals surface area contributed by atoms with Crippen LogP contribution in [0, 0.1) is 5.82 Å². The molecule has 0 fully saturated rings. The fraction of sp³-hybridized carbons (Fsp3) is 0.154. The van der Waals surface area contributed by atoms with E-state index in [0.717, 1.165) is 16.8 Å². The number of nitrogens with zero attached hydrogens (tertiary/aromatic N) is 3. The van der Waals surface area contributed by atoms with Gasteiger partial charge in [0.25, 0.3) is 5.91 Å². The maximum atomic E-state index is 13.6. The number of hydrogen-bond donors (Lipinski definition) is 1. The van der Waals surface area contributed by atoms with Crippen molar-refractivity contribution in [3.05, 3.63) is 101 Å². The second-order valence-electron chi connectivity index (χ2n) is 8.13. The van der Waals surface area contributed by atoms with Crippen LogP contribution in [0.5, 0.6) is 0 Å². The van der Waals surface area contributed by atoms with Gasteiger partial charge in [0.15, 0.2) is 5.17 Å². The van der Waals surface area contributed by atoms with Gasteiger partial charge in [-0.05, 0) is 47.5 Å². The largest absolute Gasteiger partial charge is 0.326 e. The van der Waals surface area contributed by atoms with E-state index in [1.54, 1.807) is 41.4 Å². The average Bonchev–Trinajstić information content (AvgIpc) is 3.46. The van der Waals surface area contributed by atoms with Crippen LogP contribution in [0.1, 0.15) is 30.0 Å². The number of carbonyl (C=O) groups excluding carboxylic acids is 2. The van der Waals surface area contributed by atoms with Crippen molar-refractivity contribution in [1.29, 1.82) is 0 Å². The standard InChI is InChI=1S/C26H20ClFN4O2S/c27-18-8-12-20(13-9-18)29-24(33)15-23-25(34)30-26(35-23)32-22(17-6-10-19(28)11-7-17)14-21(31-32)16-4-2-1-3-5-16/h1-13,22-23H,14-15H2,(H,29,33)/t22-,23+/m0/s1. The third kappa shape index (κ3) is 5.28. The maximum absolute atomic E-state index is 13.6. The predicted octanol–water partition coefficient (Wildman–Crippen LogP) is 5.66. The minimum Gasteiger partial charge on any atom is -0.326 e. The molecule has 0 radical (unpaired) electrons. The molecule has 9 heteroatoms. The number of rotatable bonds is 5. The van der Waals surface area contributed by atoms with E-state index in [1.807, 2.05) is 30.3 Å². The Morgan fingerprint density at radius 3 is 2.49 bits per heavy atom. The van der Waals surface area contributed by atoms with Gasteiger partial charge in [-0.1, -0.05) is 65.8 Å². The molecule has 2 atom stereocenters. The SMILES string of the molecule is O=C(C[C@H]1SC(N2N=C(c3ccccc3)C[C@H]2c2ccc(F)cc2)=NC1=O)Nc1ccc(Cl)cc1. The van der Waals surface area contributed by atoms with Gasteiger partial charge in [0.05, 0.1) is 11.8 Å². The molecule has 0 saturated heterocycles. The maximum Gasteiger partial charge on any atom is 0.262 e. The molecule has 0 saturated carbocycles. The van der Waals surface area contributed by atoms with Crippen LogP contribution in [-0.4, -0.2) is 33.0 Å². The third-order valence-electron chi connectivity index (χ3n) is 5.70. The molecular weight excluding hydrogens is 487 g/mol. The lowest BCUT2D eigenvalue weighted by molar-refractivity contribution is -0.121. The molecule has 35 heavy (non-hydrogen) atoms. The first kappa shape index (κ1) is 23.3. The summed E-state index contributed by atoms with van der Waals surface area (Å²) in [6.07, 6.45) is 0.550. The van der Waals surface area contributed by atoms with Crippen LogP contribution in [0.25, 0.3) is 0 Å². The van der Waals surface area contributed by atoms with E-state index >= 15 is 0 Å². The van der Waals surface area contributed by atoms with E-state index in [0.29, 0.717) is 22.3 Å². The molecule has 0 aromatic heterocycles. The highest BCUT2D eigenvalue weighted by Gasteiger charge is 2.39. The van der Waals surface area contributed by atoms with Crippen molar-refractivity contribution < 1.29 is 14.0 Å². The number of aliphatic imine (C=N–C) groups is 1. The second kappa shape index (κ2) is 10.0. The molecule has 5 rings (SSSR count). The van der Waals surface area contributed by atoms with Crippen LogP contribution in [0.4, 0.5) is 10.1 Å². The summed E-state index contributed by atoms with van der Waals surface area (Å²) in [6.45, 7) is 0. The minimum absolute atomic E-state index is 0.0244. The fourth-order valence-electron chi connectivity index (χ4n) is 3.95. The summed E-state index contributed by atoms with van der Waals surface area (Å²) in [5, 5.41) is 9.63. The Bertz CT molecular complexity index is 1310. The topological polar surface area (TPSA) is 74.1 Å². The van der Waals surface area contributed by atoms with E-state index in [1.165, 1.54) is 23.9 Å². The van der Waals surface area contributed by atoms with Gasteiger partial charge in [0, 0.05) is 23.6 Å². The molecule has 2 heterocycles. The summed E-state index contributed by atoms with van der Waals surface area (Å²) in [4.78, 5) is 29.5. The Morgan fingerprint density at radius 1 is 1.06 bits per heavy atom. The van der Waals surface area contributed by atoms with Crippen molar-refractivity contribution in [2.45, 2.75) is 24.1 Å². The molecule has 3 aromatic rings. The van der Waals surface area contributed by atoms with Crippen molar-refractivity contribution in [3.63, 3.8) is 0 Å². The molecule has 0 spiro atoms. The first-order chi connectivity index (χ1) is 17.0. The summed E-state index contributed by atoms with van der Waals surface area (Å²) in [6, 6.07) is 22.5. The third-order valence-corrected chi connectivity index (χ3v) is 7.09. The smallest absolute Gasteiger partial charge is 0.262 e. The van der Waals surface area contributed by atoms with Gasteiger partial charge in [-0.3, -0.25) is 9.59 Å². The molecule has 176 valence electrons. The van der Waals surface area contributed by atoms with Crippen molar-refractivity contribution in [1.82, 2.24) is 5.01 Å². The lowest BCUT2D eigenvalue weighted by Crippen LogP contribution is -2.25. The van der Waals surface area contributed by atoms with Gasteiger partial charge < -0.3 is 5.32 Å². The molecule has 6 nitrogen and oxygen atoms in total. The fourth-order valence-corrected chi connectivity index (χ4v) is 5.14. The van der Waals surface area contributed by atoms with Crippen LogP contribution in [0.15, 0.2) is 89.0 Å². The number of amidine groups is 1. The number of benzene rings is 3. The second-order valence-corrected chi connectivity index (χ2v) is 9.73. The minimum atomic E-state index is -0.651. The van der Waals surface area contributed by atoms with Crippen molar-refractivity contribution in [3.8, 4) is 0 Å². The molecular formula is C26H20ClFN4O2S. The molecule has 2 aliphatic rings. The van der Waals surface area contributed by atoms with Crippen LogP contribution in [0.3, 0.4) is 0 Å². The number of hydrazone groups is 1. The number of halogens is 2. The molecule has 2 amide bonds. The van der Waals surface area contributed by atoms with E-state index < -0.39 is 5.25 Å². The van der Waals surface area contributed by atoms with E-state index in [9.17, 15) is 14.0 Å². The van der Waals surface area contributed by atoms with Crippen LogP contribution in [-0.2, 0) is 9.59 Å². The number of amides is 2. The van der Waals surface area contributed by atoms with Crippen molar-refractivity contribution >= 4 is 51.7 Å². The Hall–Kier alpha value is -3.49. The summed E-state index contributed by atoms with van der Waals surface area (Å²) in [5.41, 5.74) is 3.28. The molecule has 0 unspecified atom stereocenters. The lowest BCUT2D eigenvalue weighted by Gasteiger charge is -2.23. The highest BCUT2D eigenvalue weighted by atomic mass is 35.5. The normalized spacial score (nSPS) is 19.5. The highest BCUT2D eigenvalue weighted by molar-refractivity contribution is 8.15. The Labute approximate surface area is 210 Å². The summed E-state index contributed by atoms with van der Waals surface area (Å²) in [5.74, 6) is -0.992. The summed E-state index contributed by atoms with van der Waals surface area (Å²) < 4.78 is 13.6. The Morgan fingerprint density at radius 2 is 1.77 bits per heavy atom. The first-order valence-electron chi connectivity index (χ1n) is 11.0. The number of nitrogens with one attached hydrogen (secondary N) is 1. The van der Waals surface area contributed by atoms with E-state index in [2.05, 4.69) is 10.3 Å². The predicted molar refractivity (Wildman–Crippen MR) is 137 cm³/mol. The zero-order valence-electron chi connectivity index (χ0n) is 18.4. The summed E-state index contributed by atoms with van der Waals surface area (Å²) >= 11 is 7.11. The van der Waals surface area contributed by atoms with Gasteiger partial charge in [-0.15, -0.1) is 0 Å². The quantitative estimate of drug-likeness (QED) is 0.484. The van der Waals surface area contributed by atoms with Crippen molar-refractivity contribution in [2.24, 2.45) is 10.1 Å². The Kier molecular flexibility index (Phi) is 6.66. The van der Waals surface area contributed by atoms with Crippen LogP contribution >= 0.6 is 23.4 Å². The van der Waals surface area contributed by atoms with Crippen LogP contribution in [0.2, 0.25) is 5.02 Å². The first-order valence-corrected chi connectivity index (χ1v) is 12.2. The zero-order chi connectivity index (χ0) is 24.4. The number of carbonyl (C=O) groups is 2. The number of anilines is 1. The zero-order valence-corrected chi connectivity index (χ0v) is 20.0. The molecule has 0 aliphatic carbocycles. The summed E-state index contributed by atoms with van der Waals surface area (Å²) in [7, 11) is 0. The number of thioether (sulfide) groups is 1. The van der Waals surface area contributed by atoms with Crippen molar-refractivity contribution in [2.75, 3.05) is 5.32 Å². The average molecular weight is 507 g/mol. The monoisotopic (exact) mass is 506 g/mol.